The zero-order valence-corrected chi connectivity index (χ0v) is 12.3. The van der Waals surface area contributed by atoms with Crippen molar-refractivity contribution in [3.05, 3.63) is 0 Å². The average molecular weight is 301 g/mol. The second kappa shape index (κ2) is 7.94. The second-order valence-electron chi connectivity index (χ2n) is 5.46. The summed E-state index contributed by atoms with van der Waals surface area (Å²) in [5.41, 5.74) is 0. The van der Waals surface area contributed by atoms with Gasteiger partial charge in [-0.1, -0.05) is 13.8 Å². The van der Waals surface area contributed by atoms with Crippen LogP contribution in [0.25, 0.3) is 0 Å². The van der Waals surface area contributed by atoms with E-state index in [0.717, 1.165) is 13.0 Å². The first-order valence-corrected chi connectivity index (χ1v) is 7.04. The molecule has 1 aliphatic rings. The minimum absolute atomic E-state index is 0.205. The van der Waals surface area contributed by atoms with Gasteiger partial charge in [0.1, 0.15) is 12.1 Å². The number of carbonyl (C=O) groups excluding carboxylic acids is 2. The summed E-state index contributed by atoms with van der Waals surface area (Å²) in [5, 5.41) is 25.6. The highest BCUT2D eigenvalue weighted by Gasteiger charge is 2.31. The van der Waals surface area contributed by atoms with Crippen molar-refractivity contribution in [3.8, 4) is 0 Å². The molecule has 0 unspecified atom stereocenters. The van der Waals surface area contributed by atoms with Crippen LogP contribution in [0.3, 0.4) is 0 Å². The number of aliphatic hydroxyl groups excluding tert-OH is 1. The first-order valence-electron chi connectivity index (χ1n) is 7.04. The molecular formula is C13H23N3O5. The van der Waals surface area contributed by atoms with Gasteiger partial charge in [0.05, 0.1) is 12.6 Å². The van der Waals surface area contributed by atoms with Gasteiger partial charge in [0.25, 0.3) is 0 Å². The Balaban J connectivity index is 2.65. The third kappa shape index (κ3) is 4.98. The molecule has 21 heavy (non-hydrogen) atoms. The molecule has 0 aromatic carbocycles. The van der Waals surface area contributed by atoms with E-state index in [1.54, 1.807) is 13.8 Å². The van der Waals surface area contributed by atoms with Gasteiger partial charge in [0, 0.05) is 0 Å². The molecule has 120 valence electrons. The van der Waals surface area contributed by atoms with Crippen LogP contribution in [-0.4, -0.2) is 59.3 Å². The molecule has 8 nitrogen and oxygen atoms in total. The lowest BCUT2D eigenvalue weighted by atomic mass is 10.0. The van der Waals surface area contributed by atoms with E-state index in [0.29, 0.717) is 6.42 Å². The molecule has 0 spiro atoms. The van der Waals surface area contributed by atoms with Gasteiger partial charge in [0.2, 0.25) is 11.8 Å². The maximum absolute atomic E-state index is 12.1. The quantitative estimate of drug-likeness (QED) is 0.387. The fraction of sp³-hybridized carbons (Fsp3) is 0.769. The number of carbonyl (C=O) groups is 3. The van der Waals surface area contributed by atoms with Crippen molar-refractivity contribution in [3.63, 3.8) is 0 Å². The molecule has 2 amide bonds. The van der Waals surface area contributed by atoms with E-state index in [2.05, 4.69) is 16.0 Å². The third-order valence-corrected chi connectivity index (χ3v) is 3.42. The number of carboxylic acids is 1. The van der Waals surface area contributed by atoms with Gasteiger partial charge in [0.15, 0.2) is 0 Å². The van der Waals surface area contributed by atoms with Crippen molar-refractivity contribution in [2.75, 3.05) is 13.2 Å². The molecule has 0 radical (unpaired) electrons. The summed E-state index contributed by atoms with van der Waals surface area (Å²) < 4.78 is 0. The zero-order chi connectivity index (χ0) is 16.0. The molecule has 5 N–H and O–H groups in total. The van der Waals surface area contributed by atoms with Crippen LogP contribution in [0, 0.1) is 5.92 Å². The molecule has 1 heterocycles. The van der Waals surface area contributed by atoms with Crippen LogP contribution in [0.4, 0.5) is 0 Å². The summed E-state index contributed by atoms with van der Waals surface area (Å²) in [6.07, 6.45) is 1.62. The lowest BCUT2D eigenvalue weighted by Crippen LogP contribution is -2.56. The van der Waals surface area contributed by atoms with Crippen LogP contribution in [0.1, 0.15) is 26.7 Å². The normalized spacial score (nSPS) is 20.9. The highest BCUT2D eigenvalue weighted by Crippen LogP contribution is 2.08. The molecule has 0 aromatic heterocycles. The molecule has 3 atom stereocenters. The summed E-state index contributed by atoms with van der Waals surface area (Å²) in [4.78, 5) is 34.9. The van der Waals surface area contributed by atoms with Gasteiger partial charge in [-0.05, 0) is 25.3 Å². The van der Waals surface area contributed by atoms with Crippen LogP contribution in [-0.2, 0) is 14.4 Å². The lowest BCUT2D eigenvalue weighted by molar-refractivity contribution is -0.143. The Morgan fingerprint density at radius 3 is 2.38 bits per heavy atom. The monoisotopic (exact) mass is 301 g/mol. The predicted octanol–water partition coefficient (Wildman–Crippen LogP) is -1.56. The Kier molecular flexibility index (Phi) is 6.57. The Bertz CT molecular complexity index is 393. The van der Waals surface area contributed by atoms with Crippen molar-refractivity contribution in [1.29, 1.82) is 0 Å². The van der Waals surface area contributed by atoms with Gasteiger partial charge in [-0.3, -0.25) is 9.59 Å². The van der Waals surface area contributed by atoms with Crippen molar-refractivity contribution in [2.24, 2.45) is 5.92 Å². The minimum Gasteiger partial charge on any atom is -0.480 e. The van der Waals surface area contributed by atoms with E-state index < -0.39 is 30.6 Å². The molecule has 0 bridgehead atoms. The second-order valence-corrected chi connectivity index (χ2v) is 5.46. The first kappa shape index (κ1) is 17.4. The highest BCUT2D eigenvalue weighted by molar-refractivity contribution is 5.92. The Hall–Kier alpha value is -1.67. The summed E-state index contributed by atoms with van der Waals surface area (Å²) in [5.74, 6) is -2.41. The Morgan fingerprint density at radius 1 is 1.29 bits per heavy atom. The van der Waals surface area contributed by atoms with Crippen LogP contribution in [0.15, 0.2) is 0 Å². The van der Waals surface area contributed by atoms with E-state index in [1.165, 1.54) is 0 Å². The SMILES string of the molecule is CC(C)[C@H](NC(=O)[C@@H]1CCCN1)C(=O)N[C@@H](CO)C(=O)O. The van der Waals surface area contributed by atoms with Gasteiger partial charge in [-0.2, -0.15) is 0 Å². The van der Waals surface area contributed by atoms with Crippen molar-refractivity contribution < 1.29 is 24.6 Å². The van der Waals surface area contributed by atoms with Gasteiger partial charge >= 0.3 is 5.97 Å². The Morgan fingerprint density at radius 2 is 1.95 bits per heavy atom. The van der Waals surface area contributed by atoms with E-state index >= 15 is 0 Å². The van der Waals surface area contributed by atoms with E-state index in [1.807, 2.05) is 0 Å². The fourth-order valence-corrected chi connectivity index (χ4v) is 2.14. The van der Waals surface area contributed by atoms with Crippen molar-refractivity contribution in [2.45, 2.75) is 44.8 Å². The number of hydrogen-bond acceptors (Lipinski definition) is 5. The third-order valence-electron chi connectivity index (χ3n) is 3.42. The largest absolute Gasteiger partial charge is 0.480 e. The lowest BCUT2D eigenvalue weighted by Gasteiger charge is -2.24. The summed E-state index contributed by atoms with van der Waals surface area (Å²) in [7, 11) is 0. The molecule has 1 rings (SSSR count). The number of aliphatic hydroxyl groups is 1. The highest BCUT2D eigenvalue weighted by atomic mass is 16.4. The van der Waals surface area contributed by atoms with Gasteiger partial charge < -0.3 is 26.2 Å². The number of carboxylic acid groups (broad SMARTS) is 1. The van der Waals surface area contributed by atoms with Crippen LogP contribution < -0.4 is 16.0 Å². The maximum atomic E-state index is 12.1. The summed E-state index contributed by atoms with van der Waals surface area (Å²) in [6.45, 7) is 3.56. The molecule has 1 fully saturated rings. The topological polar surface area (TPSA) is 128 Å². The van der Waals surface area contributed by atoms with Gasteiger partial charge in [-0.15, -0.1) is 0 Å². The summed E-state index contributed by atoms with van der Waals surface area (Å²) >= 11 is 0. The standard InChI is InChI=1S/C13H23N3O5/c1-7(2)10(12(19)15-9(6-17)13(20)21)16-11(18)8-4-3-5-14-8/h7-10,14,17H,3-6H2,1-2H3,(H,15,19)(H,16,18)(H,20,21)/t8-,9-,10-/m0/s1. The fourth-order valence-electron chi connectivity index (χ4n) is 2.14. The maximum Gasteiger partial charge on any atom is 0.328 e. The average Bonchev–Trinajstić information content (AvgIpc) is 2.94. The molecule has 0 aromatic rings. The molecule has 0 saturated carbocycles. The van der Waals surface area contributed by atoms with E-state index in [4.69, 9.17) is 10.2 Å². The van der Waals surface area contributed by atoms with Gasteiger partial charge in [-0.25, -0.2) is 4.79 Å². The van der Waals surface area contributed by atoms with Crippen molar-refractivity contribution in [1.82, 2.24) is 16.0 Å². The minimum atomic E-state index is -1.37. The predicted molar refractivity (Wildman–Crippen MR) is 74.4 cm³/mol. The molecule has 1 aliphatic heterocycles. The smallest absolute Gasteiger partial charge is 0.328 e. The first-order chi connectivity index (χ1) is 9.86. The van der Waals surface area contributed by atoms with Crippen LogP contribution in [0.2, 0.25) is 0 Å². The summed E-state index contributed by atoms with van der Waals surface area (Å²) in [6, 6.07) is -2.53. The molecular weight excluding hydrogens is 278 g/mol. The molecule has 1 saturated heterocycles. The van der Waals surface area contributed by atoms with Crippen LogP contribution >= 0.6 is 0 Å². The zero-order valence-electron chi connectivity index (χ0n) is 12.3. The molecule has 8 heteroatoms. The molecule has 0 aliphatic carbocycles. The van der Waals surface area contributed by atoms with E-state index in [-0.39, 0.29) is 17.9 Å². The van der Waals surface area contributed by atoms with E-state index in [9.17, 15) is 14.4 Å². The number of hydrogen-bond donors (Lipinski definition) is 5. The van der Waals surface area contributed by atoms with Crippen LogP contribution in [0.5, 0.6) is 0 Å². The number of aliphatic carboxylic acids is 1. The number of nitrogens with one attached hydrogen (secondary N) is 3. The number of rotatable bonds is 7. The number of amides is 2. The Labute approximate surface area is 123 Å². The van der Waals surface area contributed by atoms with Crippen molar-refractivity contribution >= 4 is 17.8 Å².